The summed E-state index contributed by atoms with van der Waals surface area (Å²) in [5, 5.41) is 14.7. The Morgan fingerprint density at radius 2 is 1.82 bits per heavy atom. The fourth-order valence-electron chi connectivity index (χ4n) is 6.40. The lowest BCUT2D eigenvalue weighted by Gasteiger charge is -2.31. The van der Waals surface area contributed by atoms with E-state index in [4.69, 9.17) is 15.5 Å². The van der Waals surface area contributed by atoms with Gasteiger partial charge in [-0.05, 0) is 68.4 Å². The Morgan fingerprint density at radius 1 is 1.10 bits per heavy atom. The lowest BCUT2D eigenvalue weighted by molar-refractivity contribution is -0.172. The van der Waals surface area contributed by atoms with Crippen LogP contribution in [0.15, 0.2) is 23.0 Å². The van der Waals surface area contributed by atoms with Crippen molar-refractivity contribution >= 4 is 57.9 Å². The van der Waals surface area contributed by atoms with Gasteiger partial charge in [0.15, 0.2) is 11.4 Å². The lowest BCUT2D eigenvalue weighted by Crippen LogP contribution is -2.44. The van der Waals surface area contributed by atoms with E-state index in [2.05, 4.69) is 5.32 Å². The molecule has 0 bridgehead atoms. The molecular formula is C37H45FN4O7S2. The van der Waals surface area contributed by atoms with Crippen molar-refractivity contribution in [1.29, 1.82) is 0 Å². The number of hydrogen-bond acceptors (Lipinski definition) is 11. The van der Waals surface area contributed by atoms with Gasteiger partial charge in [0.25, 0.3) is 5.56 Å². The number of carbonyl (C=O) groups excluding carboxylic acids is 4. The Balaban J connectivity index is 1.20. The summed E-state index contributed by atoms with van der Waals surface area (Å²) >= 11 is 3.39. The normalized spacial score (nSPS) is 18.0. The molecule has 0 saturated carbocycles. The van der Waals surface area contributed by atoms with Crippen LogP contribution in [0, 0.1) is 18.7 Å². The van der Waals surface area contributed by atoms with Crippen molar-refractivity contribution in [2.45, 2.75) is 96.9 Å². The summed E-state index contributed by atoms with van der Waals surface area (Å²) < 4.78 is 21.6. The highest BCUT2D eigenvalue weighted by molar-refractivity contribution is 7.99. The molecule has 4 heterocycles. The minimum Gasteiger partial charge on any atom is -0.458 e. The van der Waals surface area contributed by atoms with Gasteiger partial charge in [-0.25, -0.2) is 14.2 Å². The van der Waals surface area contributed by atoms with Crippen molar-refractivity contribution in [1.82, 2.24) is 14.9 Å². The molecule has 0 aliphatic carbocycles. The molecule has 4 atom stereocenters. The third-order valence-corrected chi connectivity index (χ3v) is 11.8. The third-order valence-electron chi connectivity index (χ3n) is 9.71. The molecule has 2 aliphatic rings. The van der Waals surface area contributed by atoms with E-state index in [1.165, 1.54) is 6.07 Å². The topological polar surface area (TPSA) is 171 Å². The number of rotatable bonds is 16. The van der Waals surface area contributed by atoms with E-state index in [0.29, 0.717) is 40.4 Å². The first-order valence-corrected chi connectivity index (χ1v) is 19.5. The van der Waals surface area contributed by atoms with E-state index in [0.717, 1.165) is 34.4 Å². The summed E-state index contributed by atoms with van der Waals surface area (Å²) in [5.74, 6) is 0.551. The molecule has 51 heavy (non-hydrogen) atoms. The van der Waals surface area contributed by atoms with Crippen molar-refractivity contribution < 1.29 is 33.4 Å². The van der Waals surface area contributed by atoms with Crippen molar-refractivity contribution in [2.75, 3.05) is 17.3 Å². The van der Waals surface area contributed by atoms with Crippen molar-refractivity contribution in [2.24, 2.45) is 11.7 Å². The van der Waals surface area contributed by atoms with Crippen LogP contribution in [0.1, 0.15) is 81.2 Å². The van der Waals surface area contributed by atoms with Gasteiger partial charge in [0.1, 0.15) is 18.2 Å². The number of nitrogens with one attached hydrogen (secondary N) is 1. The molecule has 2 aromatic heterocycles. The average molecular weight is 741 g/mol. The van der Waals surface area contributed by atoms with Gasteiger partial charge in [-0.2, -0.15) is 23.5 Å². The number of amides is 1. The fourth-order valence-corrected chi connectivity index (χ4v) is 8.51. The second-order valence-electron chi connectivity index (χ2n) is 13.5. The molecule has 11 nitrogen and oxygen atoms in total. The zero-order chi connectivity index (χ0) is 37.2. The fraction of sp³-hybridized carbons (Fsp3) is 0.514. The first-order valence-electron chi connectivity index (χ1n) is 17.2. The molecule has 2 aliphatic heterocycles. The number of nitrogens with two attached hydrogens (primary N) is 1. The van der Waals surface area contributed by atoms with E-state index in [9.17, 15) is 33.5 Å². The van der Waals surface area contributed by atoms with Gasteiger partial charge in [0.05, 0.1) is 41.1 Å². The standard InChI is InChI=1S/C37H45FN4O7S2/c1-6-37(48)27-14-30-33-24(16-42(30)35(46)25(27)17-49-36(37)47)26(23-12-19(2)28(38)15-29(23)41-33)18-51-10-7-9-50-11-8-31(43)22(5)40-34(45)20(3)13-32(44)21(4)39/h12,14-15,20-22,48H,6-11,13,16-18,39H2,1-5H3,(H,40,45)/t20-,21+,22+,37+/m1/s1. The molecule has 0 saturated heterocycles. The summed E-state index contributed by atoms with van der Waals surface area (Å²) in [6, 6.07) is 3.59. The first kappa shape index (κ1) is 38.6. The van der Waals surface area contributed by atoms with Crippen LogP contribution in [-0.2, 0) is 48.4 Å². The average Bonchev–Trinajstić information content (AvgIpc) is 3.46. The number of hydrogen-bond donors (Lipinski definition) is 3. The molecule has 1 aromatic carbocycles. The molecular weight excluding hydrogens is 696 g/mol. The SMILES string of the molecule is CC[C@@]1(O)C(=O)OCc2c1cc1n(c2=O)Cc2c-1nc1cc(F)c(C)cc1c2CSCCCSCCC(=O)[C@H](C)NC(=O)[C@H](C)CC(=O)[C@H](C)N. The van der Waals surface area contributed by atoms with Crippen molar-refractivity contribution in [3.8, 4) is 11.4 Å². The Kier molecular flexibility index (Phi) is 12.1. The van der Waals surface area contributed by atoms with E-state index in [-0.39, 0.29) is 66.0 Å². The minimum absolute atomic E-state index is 0.0367. The van der Waals surface area contributed by atoms with Crippen LogP contribution in [0.3, 0.4) is 0 Å². The number of carbonyl (C=O) groups is 4. The molecule has 0 spiro atoms. The Labute approximate surface area is 304 Å². The summed E-state index contributed by atoms with van der Waals surface area (Å²) in [4.78, 5) is 67.9. The molecule has 274 valence electrons. The molecule has 14 heteroatoms. The number of nitrogens with zero attached hydrogens (tertiary/aromatic N) is 2. The van der Waals surface area contributed by atoms with Gasteiger partial charge in [-0.15, -0.1) is 0 Å². The highest BCUT2D eigenvalue weighted by Gasteiger charge is 2.45. The van der Waals surface area contributed by atoms with Crippen LogP contribution in [0.5, 0.6) is 0 Å². The lowest BCUT2D eigenvalue weighted by atomic mass is 9.86. The van der Waals surface area contributed by atoms with E-state index >= 15 is 0 Å². The second kappa shape index (κ2) is 16.0. The van der Waals surface area contributed by atoms with E-state index in [1.807, 2.05) is 0 Å². The number of benzene rings is 1. The Hall–Kier alpha value is -3.59. The maximum Gasteiger partial charge on any atom is 0.343 e. The number of pyridine rings is 2. The monoisotopic (exact) mass is 740 g/mol. The number of esters is 1. The number of aliphatic hydroxyl groups is 1. The van der Waals surface area contributed by atoms with Gasteiger partial charge < -0.3 is 25.5 Å². The number of aromatic nitrogens is 2. The molecule has 0 unspecified atom stereocenters. The smallest absolute Gasteiger partial charge is 0.343 e. The molecule has 0 fully saturated rings. The summed E-state index contributed by atoms with van der Waals surface area (Å²) in [5.41, 5.74) is 7.59. The van der Waals surface area contributed by atoms with Crippen LogP contribution in [0.2, 0.25) is 0 Å². The zero-order valence-corrected chi connectivity index (χ0v) is 31.2. The van der Waals surface area contributed by atoms with Gasteiger partial charge in [-0.1, -0.05) is 13.8 Å². The molecule has 4 N–H and O–H groups in total. The highest BCUT2D eigenvalue weighted by atomic mass is 32.2. The Morgan fingerprint density at radius 3 is 2.53 bits per heavy atom. The van der Waals surface area contributed by atoms with Gasteiger partial charge in [-0.3, -0.25) is 19.2 Å². The van der Waals surface area contributed by atoms with Gasteiger partial charge in [0, 0.05) is 52.8 Å². The largest absolute Gasteiger partial charge is 0.458 e. The van der Waals surface area contributed by atoms with Crippen LogP contribution in [-0.4, -0.2) is 67.4 Å². The maximum atomic E-state index is 14.8. The van der Waals surface area contributed by atoms with Crippen molar-refractivity contribution in [3.05, 3.63) is 62.2 Å². The summed E-state index contributed by atoms with van der Waals surface area (Å²) in [6.45, 7) is 8.29. The number of ketones is 2. The summed E-state index contributed by atoms with van der Waals surface area (Å²) in [7, 11) is 0. The number of cyclic esters (lactones) is 1. The number of thioether (sulfide) groups is 2. The number of halogens is 1. The van der Waals surface area contributed by atoms with Crippen LogP contribution in [0.25, 0.3) is 22.3 Å². The van der Waals surface area contributed by atoms with Gasteiger partial charge >= 0.3 is 5.97 Å². The number of fused-ring (bicyclic) bond motifs is 5. The van der Waals surface area contributed by atoms with E-state index < -0.39 is 29.6 Å². The second-order valence-corrected chi connectivity index (χ2v) is 15.8. The molecule has 1 amide bonds. The molecule has 0 radical (unpaired) electrons. The van der Waals surface area contributed by atoms with E-state index in [1.54, 1.807) is 74.8 Å². The minimum atomic E-state index is -1.94. The Bertz CT molecular complexity index is 1950. The molecule has 5 rings (SSSR count). The molecule has 3 aromatic rings. The highest BCUT2D eigenvalue weighted by Crippen LogP contribution is 2.41. The number of aryl methyl sites for hydroxylation is 1. The van der Waals surface area contributed by atoms with Gasteiger partial charge in [0.2, 0.25) is 5.91 Å². The zero-order valence-electron chi connectivity index (χ0n) is 29.6. The summed E-state index contributed by atoms with van der Waals surface area (Å²) in [6.07, 6.45) is 1.28. The first-order chi connectivity index (χ1) is 24.2. The van der Waals surface area contributed by atoms with Crippen LogP contribution in [0.4, 0.5) is 4.39 Å². The quantitative estimate of drug-likeness (QED) is 0.111. The predicted molar refractivity (Wildman–Crippen MR) is 197 cm³/mol. The maximum absolute atomic E-state index is 14.8. The van der Waals surface area contributed by atoms with Crippen LogP contribution >= 0.6 is 23.5 Å². The van der Waals surface area contributed by atoms with Crippen molar-refractivity contribution in [3.63, 3.8) is 0 Å². The third kappa shape index (κ3) is 7.93. The van der Waals surface area contributed by atoms with Crippen LogP contribution < -0.4 is 16.6 Å². The number of Topliss-reactive ketones (excluding diaryl/α,β-unsaturated/α-hetero) is 2. The number of ether oxygens (including phenoxy) is 1. The predicted octanol–water partition coefficient (Wildman–Crippen LogP) is 4.29.